The molecule has 11 heavy (non-hydrogen) atoms. The molecule has 0 bridgehead atoms. The smallest absolute Gasteiger partial charge is 0.0110 e. The predicted molar refractivity (Wildman–Crippen MR) is 48.1 cm³/mol. The average Bonchev–Trinajstić information content (AvgIpc) is 2.03. The van der Waals surface area contributed by atoms with Gasteiger partial charge in [-0.25, -0.2) is 0 Å². The van der Waals surface area contributed by atoms with Crippen molar-refractivity contribution in [3.8, 4) is 0 Å². The molecule has 0 saturated heterocycles. The van der Waals surface area contributed by atoms with E-state index in [1.807, 2.05) is 42.5 Å². The Kier molecular flexibility index (Phi) is 5.07. The maximum Gasteiger partial charge on any atom is 0.0110 e. The van der Waals surface area contributed by atoms with E-state index in [1.54, 1.807) is 0 Å². The quantitative estimate of drug-likeness (QED) is 0.668. The number of hydrogen-bond donors (Lipinski definition) is 1. The summed E-state index contributed by atoms with van der Waals surface area (Å²) in [5.74, 6) is 0. The van der Waals surface area contributed by atoms with Gasteiger partial charge in [0, 0.05) is 6.54 Å². The second-order valence-corrected chi connectivity index (χ2v) is 2.05. The summed E-state index contributed by atoms with van der Waals surface area (Å²) in [4.78, 5) is 0. The molecular weight excluding hydrogens is 138 g/mol. The highest BCUT2D eigenvalue weighted by Crippen LogP contribution is 1.99. The fraction of sp³-hybridized carbons (Fsp3) is 0.111. The molecule has 1 aromatic rings. The van der Waals surface area contributed by atoms with Gasteiger partial charge in [0.05, 0.1) is 0 Å². The lowest BCUT2D eigenvalue weighted by Gasteiger charge is -1.88. The summed E-state index contributed by atoms with van der Waals surface area (Å²) < 4.78 is 0. The number of rotatable bonds is 2. The summed E-state index contributed by atoms with van der Waals surface area (Å²) in [7, 11) is 0. The highest BCUT2D eigenvalue weighted by molar-refractivity contribution is 5.48. The standard InChI is InChI=1S/C9H11N.H2O/c10-8-4-7-9-5-2-1-3-6-9;/h1-7H,8,10H2;1H2. The van der Waals surface area contributed by atoms with Crippen LogP contribution >= 0.6 is 0 Å². The van der Waals surface area contributed by atoms with Gasteiger partial charge < -0.3 is 11.2 Å². The fourth-order valence-corrected chi connectivity index (χ4v) is 0.768. The molecule has 0 heterocycles. The molecule has 0 aromatic heterocycles. The molecule has 1 rings (SSSR count). The van der Waals surface area contributed by atoms with Gasteiger partial charge in [0.25, 0.3) is 0 Å². The van der Waals surface area contributed by atoms with Gasteiger partial charge in [-0.05, 0) is 5.56 Å². The van der Waals surface area contributed by atoms with Gasteiger partial charge in [-0.1, -0.05) is 42.5 Å². The van der Waals surface area contributed by atoms with Crippen LogP contribution in [0.3, 0.4) is 0 Å². The van der Waals surface area contributed by atoms with Gasteiger partial charge in [0.2, 0.25) is 0 Å². The molecule has 2 heteroatoms. The van der Waals surface area contributed by atoms with Crippen molar-refractivity contribution in [3.05, 3.63) is 42.0 Å². The molecule has 0 radical (unpaired) electrons. The zero-order chi connectivity index (χ0) is 7.23. The minimum atomic E-state index is 0. The zero-order valence-corrected chi connectivity index (χ0v) is 6.33. The lowest BCUT2D eigenvalue weighted by molar-refractivity contribution is 0.824. The van der Waals surface area contributed by atoms with Crippen molar-refractivity contribution in [2.75, 3.05) is 6.54 Å². The molecular formula is C9H13NO. The minimum Gasteiger partial charge on any atom is -0.412 e. The van der Waals surface area contributed by atoms with Crippen LogP contribution in [0.25, 0.3) is 6.08 Å². The lowest BCUT2D eigenvalue weighted by atomic mass is 10.2. The van der Waals surface area contributed by atoms with Crippen LogP contribution in [-0.4, -0.2) is 12.0 Å². The molecule has 0 spiro atoms. The third-order valence-corrected chi connectivity index (χ3v) is 1.25. The summed E-state index contributed by atoms with van der Waals surface area (Å²) in [6.07, 6.45) is 3.95. The van der Waals surface area contributed by atoms with Crippen LogP contribution < -0.4 is 5.73 Å². The van der Waals surface area contributed by atoms with Gasteiger partial charge in [0.15, 0.2) is 0 Å². The Labute approximate surface area is 66.7 Å². The van der Waals surface area contributed by atoms with E-state index in [0.29, 0.717) is 6.54 Å². The maximum absolute atomic E-state index is 5.29. The van der Waals surface area contributed by atoms with Crippen LogP contribution in [0.4, 0.5) is 0 Å². The second kappa shape index (κ2) is 5.65. The minimum absolute atomic E-state index is 0. The number of nitrogens with two attached hydrogens (primary N) is 1. The van der Waals surface area contributed by atoms with Gasteiger partial charge in [0.1, 0.15) is 0 Å². The Morgan fingerprint density at radius 2 is 1.82 bits per heavy atom. The van der Waals surface area contributed by atoms with Crippen molar-refractivity contribution >= 4 is 6.08 Å². The Hall–Kier alpha value is -1.12. The van der Waals surface area contributed by atoms with E-state index < -0.39 is 0 Å². The monoisotopic (exact) mass is 151 g/mol. The van der Waals surface area contributed by atoms with Gasteiger partial charge >= 0.3 is 0 Å². The third kappa shape index (κ3) is 3.55. The first-order valence-electron chi connectivity index (χ1n) is 3.35. The van der Waals surface area contributed by atoms with Crippen LogP contribution in [0.15, 0.2) is 36.4 Å². The average molecular weight is 151 g/mol. The summed E-state index contributed by atoms with van der Waals surface area (Å²) in [6.45, 7) is 0.606. The van der Waals surface area contributed by atoms with Crippen molar-refractivity contribution in [2.24, 2.45) is 5.73 Å². The molecule has 2 nitrogen and oxygen atoms in total. The highest BCUT2D eigenvalue weighted by Gasteiger charge is 1.79. The molecule has 0 amide bonds. The van der Waals surface area contributed by atoms with E-state index in [9.17, 15) is 0 Å². The Bertz CT molecular complexity index is 206. The summed E-state index contributed by atoms with van der Waals surface area (Å²) >= 11 is 0. The van der Waals surface area contributed by atoms with Crippen LogP contribution in [-0.2, 0) is 0 Å². The predicted octanol–water partition coefficient (Wildman–Crippen LogP) is 0.834. The third-order valence-electron chi connectivity index (χ3n) is 1.25. The fourth-order valence-electron chi connectivity index (χ4n) is 0.768. The molecule has 0 fully saturated rings. The van der Waals surface area contributed by atoms with Gasteiger partial charge in [-0.15, -0.1) is 0 Å². The Morgan fingerprint density at radius 1 is 1.18 bits per heavy atom. The van der Waals surface area contributed by atoms with Crippen LogP contribution in [0.5, 0.6) is 0 Å². The molecule has 0 aliphatic heterocycles. The van der Waals surface area contributed by atoms with Crippen molar-refractivity contribution < 1.29 is 5.48 Å². The molecule has 0 atom stereocenters. The SMILES string of the molecule is NCC=Cc1ccccc1.O. The summed E-state index contributed by atoms with van der Waals surface area (Å²) in [6, 6.07) is 10.1. The molecule has 0 unspecified atom stereocenters. The van der Waals surface area contributed by atoms with Crippen molar-refractivity contribution in [2.45, 2.75) is 0 Å². The van der Waals surface area contributed by atoms with E-state index in [4.69, 9.17) is 5.73 Å². The largest absolute Gasteiger partial charge is 0.412 e. The molecule has 60 valence electrons. The second-order valence-electron chi connectivity index (χ2n) is 2.05. The van der Waals surface area contributed by atoms with Crippen molar-refractivity contribution in [3.63, 3.8) is 0 Å². The molecule has 0 aliphatic rings. The zero-order valence-electron chi connectivity index (χ0n) is 6.33. The van der Waals surface area contributed by atoms with Gasteiger partial charge in [-0.3, -0.25) is 0 Å². The van der Waals surface area contributed by atoms with Crippen molar-refractivity contribution in [1.82, 2.24) is 0 Å². The molecule has 0 saturated carbocycles. The van der Waals surface area contributed by atoms with Crippen LogP contribution in [0.2, 0.25) is 0 Å². The summed E-state index contributed by atoms with van der Waals surface area (Å²) in [5, 5.41) is 0. The van der Waals surface area contributed by atoms with E-state index in [1.165, 1.54) is 5.56 Å². The summed E-state index contributed by atoms with van der Waals surface area (Å²) in [5.41, 5.74) is 6.49. The van der Waals surface area contributed by atoms with E-state index in [0.717, 1.165) is 0 Å². The normalized spacial score (nSPS) is 9.55. The van der Waals surface area contributed by atoms with E-state index >= 15 is 0 Å². The van der Waals surface area contributed by atoms with Crippen LogP contribution in [0.1, 0.15) is 5.56 Å². The maximum atomic E-state index is 5.29. The van der Waals surface area contributed by atoms with E-state index in [-0.39, 0.29) is 5.48 Å². The topological polar surface area (TPSA) is 57.5 Å². The molecule has 0 aliphatic carbocycles. The first-order valence-corrected chi connectivity index (χ1v) is 3.35. The number of hydrogen-bond acceptors (Lipinski definition) is 1. The number of benzene rings is 1. The first-order chi connectivity index (χ1) is 4.93. The first kappa shape index (κ1) is 9.88. The molecule has 1 aromatic carbocycles. The Morgan fingerprint density at radius 3 is 2.36 bits per heavy atom. The van der Waals surface area contributed by atoms with Gasteiger partial charge in [-0.2, -0.15) is 0 Å². The Balaban J connectivity index is 0.000001000. The van der Waals surface area contributed by atoms with Crippen LogP contribution in [0, 0.1) is 0 Å². The molecule has 4 N–H and O–H groups in total. The lowest BCUT2D eigenvalue weighted by Crippen LogP contribution is -1.91. The van der Waals surface area contributed by atoms with Crippen molar-refractivity contribution in [1.29, 1.82) is 0 Å². The highest BCUT2D eigenvalue weighted by atomic mass is 16.0. The van der Waals surface area contributed by atoms with E-state index in [2.05, 4.69) is 0 Å².